The molecule has 1 aromatic carbocycles. The summed E-state index contributed by atoms with van der Waals surface area (Å²) in [6.45, 7) is 0.121. The van der Waals surface area contributed by atoms with Crippen molar-refractivity contribution in [2.45, 2.75) is 6.04 Å². The number of nitrogens with one attached hydrogen (secondary N) is 1. The Bertz CT molecular complexity index is 287. The lowest BCUT2D eigenvalue weighted by Crippen LogP contribution is -2.39. The molecule has 0 fully saturated rings. The Morgan fingerprint density at radius 2 is 2.14 bits per heavy atom. The monoisotopic (exact) mass is 195 g/mol. The van der Waals surface area contributed by atoms with Gasteiger partial charge in [-0.3, -0.25) is 4.79 Å². The zero-order valence-corrected chi connectivity index (χ0v) is 7.93. The first-order chi connectivity index (χ1) is 6.74. The van der Waals surface area contributed by atoms with Crippen LogP contribution in [0.5, 0.6) is 5.75 Å². The Morgan fingerprint density at radius 1 is 1.50 bits per heavy atom. The second kappa shape index (κ2) is 5.24. The average molecular weight is 195 g/mol. The fourth-order valence-electron chi connectivity index (χ4n) is 0.974. The maximum atomic E-state index is 10.6. The molecule has 0 aliphatic heterocycles. The highest BCUT2D eigenvalue weighted by atomic mass is 16.5. The van der Waals surface area contributed by atoms with Gasteiger partial charge >= 0.3 is 5.97 Å². The average Bonchev–Trinajstić information content (AvgIpc) is 2.20. The fraction of sp³-hybridized carbons (Fsp3) is 0.300. The van der Waals surface area contributed by atoms with Gasteiger partial charge in [0.1, 0.15) is 18.4 Å². The van der Waals surface area contributed by atoms with Crippen molar-refractivity contribution < 1.29 is 14.6 Å². The van der Waals surface area contributed by atoms with Crippen molar-refractivity contribution in [3.8, 4) is 5.75 Å². The van der Waals surface area contributed by atoms with Crippen LogP contribution < -0.4 is 10.1 Å². The molecule has 1 aromatic rings. The standard InChI is InChI=1S/C10H13NO3/c1-11-9(10(12)13)7-14-8-5-3-2-4-6-8/h2-6,9,11H,7H2,1H3,(H,12,13)/t9-/m0/s1. The first kappa shape index (κ1) is 10.5. The predicted octanol–water partition coefficient (Wildman–Crippen LogP) is 0.738. The number of ether oxygens (including phenoxy) is 1. The van der Waals surface area contributed by atoms with E-state index >= 15 is 0 Å². The number of aliphatic carboxylic acids is 1. The molecule has 14 heavy (non-hydrogen) atoms. The summed E-state index contributed by atoms with van der Waals surface area (Å²) in [4.78, 5) is 10.6. The number of carboxylic acids is 1. The summed E-state index contributed by atoms with van der Waals surface area (Å²) in [6, 6.07) is 8.45. The van der Waals surface area contributed by atoms with E-state index < -0.39 is 12.0 Å². The molecule has 0 saturated carbocycles. The Kier molecular flexibility index (Phi) is 3.94. The van der Waals surface area contributed by atoms with Crippen molar-refractivity contribution in [1.29, 1.82) is 0 Å². The fourth-order valence-corrected chi connectivity index (χ4v) is 0.974. The highest BCUT2D eigenvalue weighted by molar-refractivity contribution is 5.73. The van der Waals surface area contributed by atoms with E-state index in [2.05, 4.69) is 5.32 Å². The molecule has 0 aliphatic carbocycles. The summed E-state index contributed by atoms with van der Waals surface area (Å²) >= 11 is 0. The minimum atomic E-state index is -0.913. The van der Waals surface area contributed by atoms with Gasteiger partial charge in [-0.2, -0.15) is 0 Å². The number of para-hydroxylation sites is 1. The number of hydrogen-bond acceptors (Lipinski definition) is 3. The second-order valence-corrected chi connectivity index (χ2v) is 2.80. The van der Waals surface area contributed by atoms with Crippen LogP contribution in [0.3, 0.4) is 0 Å². The topological polar surface area (TPSA) is 58.6 Å². The molecule has 0 saturated heterocycles. The van der Waals surface area contributed by atoms with Gasteiger partial charge in [0.2, 0.25) is 0 Å². The third kappa shape index (κ3) is 3.06. The quantitative estimate of drug-likeness (QED) is 0.727. The Morgan fingerprint density at radius 3 is 2.64 bits per heavy atom. The molecule has 0 aromatic heterocycles. The third-order valence-electron chi connectivity index (χ3n) is 1.81. The highest BCUT2D eigenvalue weighted by Crippen LogP contribution is 2.08. The Balaban J connectivity index is 2.44. The van der Waals surface area contributed by atoms with Crippen LogP contribution in [0.25, 0.3) is 0 Å². The molecule has 0 bridgehead atoms. The summed E-state index contributed by atoms with van der Waals surface area (Å²) in [5, 5.41) is 11.4. The number of carboxylic acid groups (broad SMARTS) is 1. The summed E-state index contributed by atoms with van der Waals surface area (Å²) in [6.07, 6.45) is 0. The van der Waals surface area contributed by atoms with E-state index in [0.29, 0.717) is 5.75 Å². The number of hydrogen-bond donors (Lipinski definition) is 2. The van der Waals surface area contributed by atoms with Gasteiger partial charge in [0.25, 0.3) is 0 Å². The zero-order valence-electron chi connectivity index (χ0n) is 7.93. The lowest BCUT2D eigenvalue weighted by molar-refractivity contribution is -0.140. The molecule has 1 atom stereocenters. The maximum Gasteiger partial charge on any atom is 0.324 e. The summed E-state index contributed by atoms with van der Waals surface area (Å²) < 4.78 is 5.28. The van der Waals surface area contributed by atoms with Crippen LogP contribution in [0.15, 0.2) is 30.3 Å². The molecular formula is C10H13NO3. The normalized spacial score (nSPS) is 12.1. The third-order valence-corrected chi connectivity index (χ3v) is 1.81. The summed E-state index contributed by atoms with van der Waals surface area (Å²) in [5.41, 5.74) is 0. The summed E-state index contributed by atoms with van der Waals surface area (Å²) in [7, 11) is 1.59. The van der Waals surface area contributed by atoms with E-state index in [1.54, 1.807) is 19.2 Å². The number of likely N-dealkylation sites (N-methyl/N-ethyl adjacent to an activating group) is 1. The van der Waals surface area contributed by atoms with Crippen LogP contribution in [-0.2, 0) is 4.79 Å². The zero-order chi connectivity index (χ0) is 10.4. The molecule has 1 rings (SSSR count). The molecule has 76 valence electrons. The molecule has 0 unspecified atom stereocenters. The molecule has 0 amide bonds. The van der Waals surface area contributed by atoms with Crippen LogP contribution in [0.4, 0.5) is 0 Å². The first-order valence-corrected chi connectivity index (χ1v) is 4.32. The van der Waals surface area contributed by atoms with Crippen LogP contribution in [0, 0.1) is 0 Å². The Hall–Kier alpha value is -1.55. The number of carbonyl (C=O) groups is 1. The largest absolute Gasteiger partial charge is 0.491 e. The van der Waals surface area contributed by atoms with Crippen molar-refractivity contribution in [3.63, 3.8) is 0 Å². The van der Waals surface area contributed by atoms with Crippen molar-refractivity contribution in [2.24, 2.45) is 0 Å². The van der Waals surface area contributed by atoms with Crippen LogP contribution >= 0.6 is 0 Å². The molecule has 0 aliphatic rings. The minimum Gasteiger partial charge on any atom is -0.491 e. The van der Waals surface area contributed by atoms with E-state index in [0.717, 1.165) is 0 Å². The maximum absolute atomic E-state index is 10.6. The first-order valence-electron chi connectivity index (χ1n) is 4.32. The van der Waals surface area contributed by atoms with Crippen molar-refractivity contribution in [3.05, 3.63) is 30.3 Å². The number of rotatable bonds is 5. The van der Waals surface area contributed by atoms with Crippen LogP contribution in [0.1, 0.15) is 0 Å². The van der Waals surface area contributed by atoms with Gasteiger partial charge in [-0.15, -0.1) is 0 Å². The minimum absolute atomic E-state index is 0.121. The number of benzene rings is 1. The van der Waals surface area contributed by atoms with Gasteiger partial charge < -0.3 is 15.2 Å². The van der Waals surface area contributed by atoms with E-state index in [-0.39, 0.29) is 6.61 Å². The van der Waals surface area contributed by atoms with E-state index in [9.17, 15) is 4.79 Å². The summed E-state index contributed by atoms with van der Waals surface area (Å²) in [5.74, 6) is -0.238. The lowest BCUT2D eigenvalue weighted by atomic mass is 10.3. The second-order valence-electron chi connectivity index (χ2n) is 2.80. The lowest BCUT2D eigenvalue weighted by Gasteiger charge is -2.12. The van der Waals surface area contributed by atoms with Crippen molar-refractivity contribution >= 4 is 5.97 Å². The smallest absolute Gasteiger partial charge is 0.324 e. The van der Waals surface area contributed by atoms with Crippen LogP contribution in [-0.4, -0.2) is 30.8 Å². The molecule has 4 nitrogen and oxygen atoms in total. The van der Waals surface area contributed by atoms with Gasteiger partial charge in [-0.1, -0.05) is 18.2 Å². The van der Waals surface area contributed by atoms with Gasteiger partial charge in [0, 0.05) is 0 Å². The molecule has 0 radical (unpaired) electrons. The molecule has 0 heterocycles. The Labute approximate surface area is 82.5 Å². The van der Waals surface area contributed by atoms with Crippen molar-refractivity contribution in [2.75, 3.05) is 13.7 Å². The van der Waals surface area contributed by atoms with Gasteiger partial charge in [0.05, 0.1) is 0 Å². The van der Waals surface area contributed by atoms with E-state index in [1.807, 2.05) is 18.2 Å². The van der Waals surface area contributed by atoms with E-state index in [1.165, 1.54) is 0 Å². The molecule has 4 heteroatoms. The van der Waals surface area contributed by atoms with Gasteiger partial charge in [-0.05, 0) is 19.2 Å². The SMILES string of the molecule is CN[C@@H](COc1ccccc1)C(=O)O. The van der Waals surface area contributed by atoms with E-state index in [4.69, 9.17) is 9.84 Å². The molecule has 0 spiro atoms. The highest BCUT2D eigenvalue weighted by Gasteiger charge is 2.14. The van der Waals surface area contributed by atoms with Gasteiger partial charge in [-0.25, -0.2) is 0 Å². The van der Waals surface area contributed by atoms with Crippen molar-refractivity contribution in [1.82, 2.24) is 5.32 Å². The molecular weight excluding hydrogens is 182 g/mol. The predicted molar refractivity (Wildman–Crippen MR) is 52.4 cm³/mol. The van der Waals surface area contributed by atoms with Gasteiger partial charge in [0.15, 0.2) is 0 Å². The van der Waals surface area contributed by atoms with Crippen LogP contribution in [0.2, 0.25) is 0 Å². The molecule has 2 N–H and O–H groups in total.